The Hall–Kier alpha value is -3.26. The van der Waals surface area contributed by atoms with Crippen molar-refractivity contribution < 1.29 is 18.7 Å². The Labute approximate surface area is 178 Å². The number of carbonyl (C=O) groups is 2. The van der Waals surface area contributed by atoms with E-state index in [2.05, 4.69) is 10.4 Å². The Morgan fingerprint density at radius 3 is 2.63 bits per heavy atom. The second kappa shape index (κ2) is 9.49. The van der Waals surface area contributed by atoms with Gasteiger partial charge in [0, 0.05) is 22.2 Å². The Balaban J connectivity index is 1.93. The fourth-order valence-corrected chi connectivity index (χ4v) is 3.73. The third-order valence-corrected chi connectivity index (χ3v) is 5.30. The lowest BCUT2D eigenvalue weighted by Crippen LogP contribution is -2.34. The summed E-state index contributed by atoms with van der Waals surface area (Å²) in [5.41, 5.74) is 2.42. The standard InChI is InChI=1S/C22H22FN3O3S/c1-4-29-22(28)21(24-19(27)12-11-18-6-5-13-30-18)20-14(2)25-26(15(20)3)17-9-7-16(23)8-10-17/h5-13,21H,4H2,1-3H3,(H,24,27). The van der Waals surface area contributed by atoms with Crippen LogP contribution in [0, 0.1) is 19.7 Å². The molecular formula is C22H22FN3O3S. The van der Waals surface area contributed by atoms with Crippen LogP contribution in [-0.2, 0) is 14.3 Å². The maximum Gasteiger partial charge on any atom is 0.333 e. The predicted molar refractivity (Wildman–Crippen MR) is 114 cm³/mol. The molecule has 0 aliphatic heterocycles. The average molecular weight is 428 g/mol. The second-order valence-corrected chi connectivity index (χ2v) is 7.49. The lowest BCUT2D eigenvalue weighted by Gasteiger charge is -2.17. The zero-order valence-electron chi connectivity index (χ0n) is 16.9. The number of benzene rings is 1. The van der Waals surface area contributed by atoms with Crippen molar-refractivity contribution in [1.29, 1.82) is 0 Å². The van der Waals surface area contributed by atoms with Crippen LogP contribution >= 0.6 is 11.3 Å². The first-order chi connectivity index (χ1) is 14.4. The summed E-state index contributed by atoms with van der Waals surface area (Å²) in [5, 5.41) is 9.13. The largest absolute Gasteiger partial charge is 0.464 e. The van der Waals surface area contributed by atoms with E-state index in [0.717, 1.165) is 4.88 Å². The molecule has 1 amide bonds. The third kappa shape index (κ3) is 4.83. The van der Waals surface area contributed by atoms with Crippen LogP contribution in [0.1, 0.15) is 34.8 Å². The number of thiophene rings is 1. The molecule has 0 aliphatic carbocycles. The monoisotopic (exact) mass is 427 g/mol. The molecular weight excluding hydrogens is 405 g/mol. The zero-order valence-corrected chi connectivity index (χ0v) is 17.7. The van der Waals surface area contributed by atoms with Gasteiger partial charge < -0.3 is 10.1 Å². The molecule has 0 saturated carbocycles. The molecule has 1 atom stereocenters. The van der Waals surface area contributed by atoms with Crippen LogP contribution in [0.5, 0.6) is 0 Å². The molecule has 0 spiro atoms. The minimum absolute atomic E-state index is 0.181. The molecule has 1 unspecified atom stereocenters. The third-order valence-electron chi connectivity index (χ3n) is 4.46. The van der Waals surface area contributed by atoms with Crippen molar-refractivity contribution in [3.8, 4) is 5.69 Å². The van der Waals surface area contributed by atoms with Crippen molar-refractivity contribution in [3.05, 3.63) is 75.5 Å². The molecule has 3 aromatic rings. The predicted octanol–water partition coefficient (Wildman–Crippen LogP) is 4.12. The van der Waals surface area contributed by atoms with E-state index in [0.29, 0.717) is 22.6 Å². The van der Waals surface area contributed by atoms with Crippen LogP contribution in [0.3, 0.4) is 0 Å². The topological polar surface area (TPSA) is 73.2 Å². The van der Waals surface area contributed by atoms with Crippen LogP contribution in [0.2, 0.25) is 0 Å². The first-order valence-electron chi connectivity index (χ1n) is 9.41. The van der Waals surface area contributed by atoms with Crippen molar-refractivity contribution >= 4 is 29.3 Å². The summed E-state index contributed by atoms with van der Waals surface area (Å²) >= 11 is 1.50. The van der Waals surface area contributed by atoms with E-state index < -0.39 is 17.9 Å². The number of aryl methyl sites for hydroxylation is 1. The van der Waals surface area contributed by atoms with Crippen LogP contribution in [0.15, 0.2) is 47.9 Å². The van der Waals surface area contributed by atoms with Crippen LogP contribution in [0.25, 0.3) is 11.8 Å². The van der Waals surface area contributed by atoms with Crippen molar-refractivity contribution in [3.63, 3.8) is 0 Å². The minimum Gasteiger partial charge on any atom is -0.464 e. The van der Waals surface area contributed by atoms with Gasteiger partial charge in [0.25, 0.3) is 0 Å². The molecule has 30 heavy (non-hydrogen) atoms. The van der Waals surface area contributed by atoms with Gasteiger partial charge >= 0.3 is 5.97 Å². The van der Waals surface area contributed by atoms with Gasteiger partial charge in [-0.3, -0.25) is 4.79 Å². The van der Waals surface area contributed by atoms with Crippen LogP contribution < -0.4 is 5.32 Å². The number of hydrogen-bond acceptors (Lipinski definition) is 5. The summed E-state index contributed by atoms with van der Waals surface area (Å²) in [6.07, 6.45) is 3.07. The highest BCUT2D eigenvalue weighted by molar-refractivity contribution is 7.10. The fraction of sp³-hybridized carbons (Fsp3) is 0.227. The number of halogens is 1. The normalized spacial score (nSPS) is 12.1. The Kier molecular flexibility index (Phi) is 6.79. The highest BCUT2D eigenvalue weighted by atomic mass is 32.1. The van der Waals surface area contributed by atoms with Gasteiger partial charge in [-0.05, 0) is 62.6 Å². The zero-order chi connectivity index (χ0) is 21.7. The Morgan fingerprint density at radius 2 is 2.00 bits per heavy atom. The Morgan fingerprint density at radius 1 is 1.27 bits per heavy atom. The maximum absolute atomic E-state index is 13.3. The van der Waals surface area contributed by atoms with E-state index in [9.17, 15) is 14.0 Å². The maximum atomic E-state index is 13.3. The number of amides is 1. The van der Waals surface area contributed by atoms with Gasteiger partial charge in [-0.25, -0.2) is 13.9 Å². The summed E-state index contributed by atoms with van der Waals surface area (Å²) in [4.78, 5) is 26.1. The van der Waals surface area contributed by atoms with Gasteiger partial charge in [-0.15, -0.1) is 11.3 Å². The molecule has 1 N–H and O–H groups in total. The van der Waals surface area contributed by atoms with Crippen LogP contribution in [0.4, 0.5) is 4.39 Å². The van der Waals surface area contributed by atoms with E-state index in [1.807, 2.05) is 17.5 Å². The molecule has 0 fully saturated rings. The molecule has 2 aromatic heterocycles. The van der Waals surface area contributed by atoms with E-state index in [4.69, 9.17) is 4.74 Å². The lowest BCUT2D eigenvalue weighted by molar-refractivity contribution is -0.147. The highest BCUT2D eigenvalue weighted by Crippen LogP contribution is 2.25. The molecule has 0 aliphatic rings. The summed E-state index contributed by atoms with van der Waals surface area (Å²) < 4.78 is 20.1. The first-order valence-corrected chi connectivity index (χ1v) is 10.3. The van der Waals surface area contributed by atoms with Gasteiger partial charge in [0.15, 0.2) is 6.04 Å². The van der Waals surface area contributed by atoms with Gasteiger partial charge in [-0.1, -0.05) is 6.07 Å². The molecule has 0 saturated heterocycles. The molecule has 8 heteroatoms. The van der Waals surface area contributed by atoms with Crippen molar-refractivity contribution in [1.82, 2.24) is 15.1 Å². The summed E-state index contributed by atoms with van der Waals surface area (Å²) in [5.74, 6) is -1.34. The van der Waals surface area contributed by atoms with E-state index >= 15 is 0 Å². The molecule has 0 bridgehead atoms. The molecule has 0 radical (unpaired) electrons. The number of ether oxygens (including phenoxy) is 1. The molecule has 1 aromatic carbocycles. The molecule has 2 heterocycles. The Bertz CT molecular complexity index is 1060. The smallest absolute Gasteiger partial charge is 0.333 e. The number of nitrogens with zero attached hydrogens (tertiary/aromatic N) is 2. The van der Waals surface area contributed by atoms with Gasteiger partial charge in [-0.2, -0.15) is 5.10 Å². The SMILES string of the molecule is CCOC(=O)C(NC(=O)C=Cc1cccs1)c1c(C)nn(-c2ccc(F)cc2)c1C. The number of hydrogen-bond donors (Lipinski definition) is 1. The number of esters is 1. The van der Waals surface area contributed by atoms with Crippen molar-refractivity contribution in [2.75, 3.05) is 6.61 Å². The number of carbonyl (C=O) groups excluding carboxylic acids is 2. The van der Waals surface area contributed by atoms with Crippen molar-refractivity contribution in [2.45, 2.75) is 26.8 Å². The summed E-state index contributed by atoms with van der Waals surface area (Å²) in [7, 11) is 0. The quantitative estimate of drug-likeness (QED) is 0.455. The van der Waals surface area contributed by atoms with E-state index in [1.54, 1.807) is 43.7 Å². The molecule has 6 nitrogen and oxygen atoms in total. The minimum atomic E-state index is -1.01. The second-order valence-electron chi connectivity index (χ2n) is 6.52. The fourth-order valence-electron chi connectivity index (χ4n) is 3.12. The highest BCUT2D eigenvalue weighted by Gasteiger charge is 2.30. The van der Waals surface area contributed by atoms with Crippen molar-refractivity contribution in [2.24, 2.45) is 0 Å². The average Bonchev–Trinajstić information content (AvgIpc) is 3.34. The van der Waals surface area contributed by atoms with E-state index in [1.165, 1.54) is 29.5 Å². The summed E-state index contributed by atoms with van der Waals surface area (Å²) in [6.45, 7) is 5.43. The lowest BCUT2D eigenvalue weighted by atomic mass is 10.0. The van der Waals surface area contributed by atoms with Crippen LogP contribution in [-0.4, -0.2) is 28.3 Å². The number of rotatable bonds is 7. The van der Waals surface area contributed by atoms with Gasteiger partial charge in [0.1, 0.15) is 5.82 Å². The number of nitrogens with one attached hydrogen (secondary N) is 1. The van der Waals surface area contributed by atoms with Gasteiger partial charge in [0.05, 0.1) is 18.0 Å². The molecule has 156 valence electrons. The van der Waals surface area contributed by atoms with Gasteiger partial charge in [0.2, 0.25) is 5.91 Å². The number of aromatic nitrogens is 2. The summed E-state index contributed by atoms with van der Waals surface area (Å²) in [6, 6.07) is 8.63. The molecule has 3 rings (SSSR count). The van der Waals surface area contributed by atoms with E-state index in [-0.39, 0.29) is 12.4 Å². The first kappa shape index (κ1) is 21.4.